The highest BCUT2D eigenvalue weighted by molar-refractivity contribution is 5.94. The van der Waals surface area contributed by atoms with Crippen molar-refractivity contribution in [2.45, 2.75) is 79.3 Å². The Morgan fingerprint density at radius 2 is 1.86 bits per heavy atom. The predicted molar refractivity (Wildman–Crippen MR) is 153 cm³/mol. The summed E-state index contributed by atoms with van der Waals surface area (Å²) in [4.78, 5) is 42.1. The molecule has 1 aliphatic carbocycles. The smallest absolute Gasteiger partial charge is 0.406 e. The van der Waals surface area contributed by atoms with Gasteiger partial charge in [-0.2, -0.15) is 5.26 Å². The lowest BCUT2D eigenvalue weighted by Gasteiger charge is -2.38. The zero-order valence-electron chi connectivity index (χ0n) is 25.8. The average Bonchev–Trinajstić information content (AvgIpc) is 3.25. The minimum absolute atomic E-state index is 0.0126. The Balaban J connectivity index is 1.46. The number of hydrogen-bond donors (Lipinski definition) is 2. The second kappa shape index (κ2) is 12.1. The number of ketones is 1. The van der Waals surface area contributed by atoms with Crippen LogP contribution in [-0.4, -0.2) is 60.6 Å². The number of Topliss-reactive ketones (excluding diaryl/α,β-unsaturated/α-hetero) is 1. The summed E-state index contributed by atoms with van der Waals surface area (Å²) in [7, 11) is 0. The molecule has 0 radical (unpaired) electrons. The summed E-state index contributed by atoms with van der Waals surface area (Å²) < 4.78 is 41.4. The van der Waals surface area contributed by atoms with Crippen molar-refractivity contribution < 1.29 is 32.3 Å². The van der Waals surface area contributed by atoms with Gasteiger partial charge in [-0.1, -0.05) is 53.7 Å². The molecule has 0 spiro atoms. The van der Waals surface area contributed by atoms with Gasteiger partial charge < -0.3 is 20.3 Å². The van der Waals surface area contributed by atoms with Crippen LogP contribution in [0.2, 0.25) is 0 Å². The molecule has 236 valence electrons. The number of halogens is 3. The molecule has 0 aromatic heterocycles. The molecule has 2 N–H and O–H groups in total. The van der Waals surface area contributed by atoms with E-state index in [2.05, 4.69) is 35.3 Å². The molecule has 8 nitrogen and oxygen atoms in total. The maximum Gasteiger partial charge on any atom is 0.573 e. The SMILES string of the molecule is CC(C(=O)[C@@H]1[C@@H]2C(CN1C(=O)[C@@H](NCCc1ccc(OC(F)(F)F)cc1)C(C)(C)C)C2(C)C)[C@H](C#N)C[C@@H]1CCNC1=O. The van der Waals surface area contributed by atoms with Crippen molar-refractivity contribution in [2.75, 3.05) is 19.6 Å². The van der Waals surface area contributed by atoms with Gasteiger partial charge in [-0.15, -0.1) is 13.2 Å². The number of likely N-dealkylation sites (tertiary alicyclic amines) is 1. The lowest BCUT2D eigenvalue weighted by molar-refractivity contribution is -0.274. The van der Waals surface area contributed by atoms with Crippen LogP contribution in [0.1, 0.15) is 59.9 Å². The van der Waals surface area contributed by atoms with Crippen molar-refractivity contribution >= 4 is 17.6 Å². The van der Waals surface area contributed by atoms with E-state index in [1.807, 2.05) is 20.8 Å². The molecule has 43 heavy (non-hydrogen) atoms. The van der Waals surface area contributed by atoms with Crippen LogP contribution >= 0.6 is 0 Å². The monoisotopic (exact) mass is 604 g/mol. The minimum Gasteiger partial charge on any atom is -0.406 e. The molecular formula is C32H43F3N4O4. The lowest BCUT2D eigenvalue weighted by atomic mass is 9.79. The van der Waals surface area contributed by atoms with Crippen molar-refractivity contribution in [1.29, 1.82) is 5.26 Å². The molecule has 1 aromatic rings. The number of amides is 2. The predicted octanol–water partition coefficient (Wildman–Crippen LogP) is 4.49. The minimum atomic E-state index is -4.76. The molecule has 1 aromatic carbocycles. The Morgan fingerprint density at radius 1 is 1.21 bits per heavy atom. The van der Waals surface area contributed by atoms with Crippen molar-refractivity contribution in [1.82, 2.24) is 15.5 Å². The van der Waals surface area contributed by atoms with Gasteiger partial charge in [0.05, 0.1) is 24.1 Å². The number of nitriles is 1. The van der Waals surface area contributed by atoms with E-state index < -0.39 is 35.7 Å². The molecule has 2 saturated heterocycles. The molecule has 3 aliphatic rings. The van der Waals surface area contributed by atoms with Crippen molar-refractivity contribution in [3.8, 4) is 11.8 Å². The molecule has 2 amide bonds. The van der Waals surface area contributed by atoms with Crippen molar-refractivity contribution in [3.05, 3.63) is 29.8 Å². The fourth-order valence-corrected chi connectivity index (χ4v) is 7.00. The molecule has 3 fully saturated rings. The van der Waals surface area contributed by atoms with Gasteiger partial charge in [-0.05, 0) is 66.2 Å². The zero-order valence-corrected chi connectivity index (χ0v) is 25.8. The van der Waals surface area contributed by atoms with Gasteiger partial charge in [0.2, 0.25) is 11.8 Å². The maximum atomic E-state index is 14.2. The summed E-state index contributed by atoms with van der Waals surface area (Å²) in [5.41, 5.74) is 0.206. The fraction of sp³-hybridized carbons (Fsp3) is 0.688. The highest BCUT2D eigenvalue weighted by Gasteiger charge is 2.69. The standard InChI is InChI=1S/C32H43F3N4O4/c1-18(21(16-36)15-20-12-14-38-28(20)41)26(40)25-24-23(31(24,5)6)17-39(25)29(42)27(30(2,3)4)37-13-11-19-7-9-22(10-8-19)43-32(33,34)35/h7-10,18,20-21,23-25,27,37H,11-15,17H2,1-6H3,(H,38,41)/t18?,20-,21-,23?,24-,25-,27+/m0/s1. The van der Waals surface area contributed by atoms with Gasteiger partial charge in [0.1, 0.15) is 5.75 Å². The number of benzene rings is 1. The topological polar surface area (TPSA) is 112 Å². The summed E-state index contributed by atoms with van der Waals surface area (Å²) in [6, 6.07) is 6.67. The average molecular weight is 605 g/mol. The van der Waals surface area contributed by atoms with Gasteiger partial charge in [0, 0.05) is 24.9 Å². The number of nitrogens with zero attached hydrogens (tertiary/aromatic N) is 2. The summed E-state index contributed by atoms with van der Waals surface area (Å²) >= 11 is 0. The van der Waals surface area contributed by atoms with Crippen LogP contribution in [0, 0.1) is 51.8 Å². The van der Waals surface area contributed by atoms with Crippen LogP contribution in [0.3, 0.4) is 0 Å². The number of nitrogens with one attached hydrogen (secondary N) is 2. The van der Waals surface area contributed by atoms with Crippen LogP contribution < -0.4 is 15.4 Å². The molecule has 1 saturated carbocycles. The third kappa shape index (κ3) is 7.17. The Bertz CT molecular complexity index is 1250. The second-order valence-electron chi connectivity index (χ2n) is 14.0. The zero-order chi connectivity index (χ0) is 31.9. The molecular weight excluding hydrogens is 561 g/mol. The number of piperidine rings is 1. The first kappa shape index (κ1) is 32.8. The van der Waals surface area contributed by atoms with Gasteiger partial charge >= 0.3 is 6.36 Å². The van der Waals surface area contributed by atoms with E-state index in [1.54, 1.807) is 24.0 Å². The van der Waals surface area contributed by atoms with E-state index in [4.69, 9.17) is 0 Å². The van der Waals surface area contributed by atoms with Gasteiger partial charge in [-0.25, -0.2) is 0 Å². The molecule has 4 rings (SSSR count). The maximum absolute atomic E-state index is 14.2. The van der Waals surface area contributed by atoms with Crippen LogP contribution in [0.15, 0.2) is 24.3 Å². The number of ether oxygens (including phenoxy) is 1. The molecule has 2 aliphatic heterocycles. The Kier molecular flexibility index (Phi) is 9.22. The Labute approximate surface area is 251 Å². The normalized spacial score (nSPS) is 26.6. The highest BCUT2D eigenvalue weighted by atomic mass is 19.4. The first-order valence-electron chi connectivity index (χ1n) is 15.0. The van der Waals surface area contributed by atoms with Crippen LogP contribution in [0.5, 0.6) is 5.75 Å². The largest absolute Gasteiger partial charge is 0.573 e. The van der Waals surface area contributed by atoms with Gasteiger partial charge in [-0.3, -0.25) is 14.4 Å². The van der Waals surface area contributed by atoms with Gasteiger partial charge in [0.15, 0.2) is 5.78 Å². The summed E-state index contributed by atoms with van der Waals surface area (Å²) in [6.07, 6.45) is -3.31. The van der Waals surface area contributed by atoms with Crippen LogP contribution in [0.25, 0.3) is 0 Å². The highest BCUT2D eigenvalue weighted by Crippen LogP contribution is 2.65. The molecule has 11 heteroatoms. The first-order chi connectivity index (χ1) is 20.0. The third-order valence-electron chi connectivity index (χ3n) is 9.73. The number of alkyl halides is 3. The fourth-order valence-electron chi connectivity index (χ4n) is 7.00. The van der Waals surface area contributed by atoms with Crippen molar-refractivity contribution in [2.24, 2.45) is 40.4 Å². The van der Waals surface area contributed by atoms with E-state index >= 15 is 0 Å². The molecule has 0 bridgehead atoms. The summed E-state index contributed by atoms with van der Waals surface area (Å²) in [6.45, 7) is 13.3. The van der Waals surface area contributed by atoms with Crippen LogP contribution in [0.4, 0.5) is 13.2 Å². The third-order valence-corrected chi connectivity index (χ3v) is 9.73. The second-order valence-corrected chi connectivity index (χ2v) is 14.0. The molecule has 2 unspecified atom stereocenters. The number of carbonyl (C=O) groups excluding carboxylic acids is 3. The van der Waals surface area contributed by atoms with E-state index in [1.165, 1.54) is 12.1 Å². The number of fused-ring (bicyclic) bond motifs is 1. The number of carbonyl (C=O) groups is 3. The Morgan fingerprint density at radius 3 is 2.40 bits per heavy atom. The van der Waals surface area contributed by atoms with E-state index in [9.17, 15) is 32.8 Å². The molecule has 7 atom stereocenters. The van der Waals surface area contributed by atoms with Crippen LogP contribution in [-0.2, 0) is 20.8 Å². The summed E-state index contributed by atoms with van der Waals surface area (Å²) in [5.74, 6) is -1.99. The Hall–Kier alpha value is -3.13. The van der Waals surface area contributed by atoms with E-state index in [-0.39, 0.29) is 46.5 Å². The quantitative estimate of drug-likeness (QED) is 0.385. The van der Waals surface area contributed by atoms with Crippen molar-refractivity contribution in [3.63, 3.8) is 0 Å². The number of rotatable bonds is 11. The number of hydrogen-bond acceptors (Lipinski definition) is 6. The first-order valence-corrected chi connectivity index (χ1v) is 15.0. The van der Waals surface area contributed by atoms with E-state index in [0.29, 0.717) is 38.9 Å². The van der Waals surface area contributed by atoms with Gasteiger partial charge in [0.25, 0.3) is 0 Å². The van der Waals surface area contributed by atoms with E-state index in [0.717, 1.165) is 5.56 Å². The lowest BCUT2D eigenvalue weighted by Crippen LogP contribution is -2.58. The summed E-state index contributed by atoms with van der Waals surface area (Å²) in [5, 5.41) is 16.1. The molecule has 2 heterocycles.